The largest absolute Gasteiger partial charge is 0.497 e. The highest BCUT2D eigenvalue weighted by atomic mass is 32.2. The van der Waals surface area contributed by atoms with E-state index >= 15 is 0 Å². The minimum Gasteiger partial charge on any atom is -0.497 e. The van der Waals surface area contributed by atoms with Crippen LogP contribution in [-0.4, -0.2) is 65.2 Å². The normalized spacial score (nSPS) is 11.8. The van der Waals surface area contributed by atoms with E-state index in [-0.39, 0.29) is 37.7 Å². The highest BCUT2D eigenvalue weighted by molar-refractivity contribution is 7.92. The van der Waals surface area contributed by atoms with Gasteiger partial charge in [-0.25, -0.2) is 8.42 Å². The molecule has 3 rings (SSSR count). The highest BCUT2D eigenvalue weighted by Gasteiger charge is 2.30. The molecule has 0 spiro atoms. The first-order valence-corrected chi connectivity index (χ1v) is 14.8. The fourth-order valence-electron chi connectivity index (χ4n) is 4.51. The van der Waals surface area contributed by atoms with E-state index in [1.807, 2.05) is 54.6 Å². The summed E-state index contributed by atoms with van der Waals surface area (Å²) in [5.41, 5.74) is 2.13. The van der Waals surface area contributed by atoms with Gasteiger partial charge in [0.25, 0.3) is 0 Å². The number of methoxy groups -OCH3 is 2. The quantitative estimate of drug-likeness (QED) is 0.319. The first-order chi connectivity index (χ1) is 19.2. The summed E-state index contributed by atoms with van der Waals surface area (Å²) < 4.78 is 37.3. The van der Waals surface area contributed by atoms with Gasteiger partial charge in [-0.1, -0.05) is 54.6 Å². The number of ether oxygens (including phenoxy) is 2. The number of sulfonamides is 1. The lowest BCUT2D eigenvalue weighted by atomic mass is 10.0. The Kier molecular flexibility index (Phi) is 11.0. The number of amides is 2. The number of hydrogen-bond acceptors (Lipinski definition) is 6. The fraction of sp³-hybridized carbons (Fsp3) is 0.333. The van der Waals surface area contributed by atoms with Crippen LogP contribution in [-0.2, 0) is 32.6 Å². The number of carbonyl (C=O) groups excluding carboxylic acids is 2. The Morgan fingerprint density at radius 3 is 2.23 bits per heavy atom. The molecule has 1 N–H and O–H groups in total. The first-order valence-electron chi connectivity index (χ1n) is 13.0. The van der Waals surface area contributed by atoms with Gasteiger partial charge in [0.1, 0.15) is 17.5 Å². The second kappa shape index (κ2) is 14.4. The van der Waals surface area contributed by atoms with Gasteiger partial charge in [0.2, 0.25) is 21.8 Å². The predicted octanol–water partition coefficient (Wildman–Crippen LogP) is 3.64. The van der Waals surface area contributed by atoms with E-state index in [4.69, 9.17) is 9.47 Å². The molecule has 0 unspecified atom stereocenters. The molecule has 0 aliphatic rings. The van der Waals surface area contributed by atoms with Crippen LogP contribution in [0.2, 0.25) is 0 Å². The number of anilines is 1. The number of para-hydroxylation sites is 2. The summed E-state index contributed by atoms with van der Waals surface area (Å²) >= 11 is 0. The number of nitrogens with one attached hydrogen (secondary N) is 1. The Balaban J connectivity index is 1.87. The molecule has 3 aromatic rings. The van der Waals surface area contributed by atoms with Crippen molar-refractivity contribution in [3.8, 4) is 11.5 Å². The summed E-state index contributed by atoms with van der Waals surface area (Å²) in [4.78, 5) is 28.4. The summed E-state index contributed by atoms with van der Waals surface area (Å²) in [6.45, 7) is 0.254. The molecule has 40 heavy (non-hydrogen) atoms. The molecule has 0 bridgehead atoms. The molecule has 0 aliphatic heterocycles. The Labute approximate surface area is 236 Å². The van der Waals surface area contributed by atoms with Crippen LogP contribution in [0.1, 0.15) is 24.0 Å². The van der Waals surface area contributed by atoms with Crippen LogP contribution in [0.15, 0.2) is 78.9 Å². The molecule has 0 saturated carbocycles. The van der Waals surface area contributed by atoms with Crippen molar-refractivity contribution in [3.63, 3.8) is 0 Å². The minimum atomic E-state index is -3.65. The molecule has 0 radical (unpaired) electrons. The number of carbonyl (C=O) groups is 2. The monoisotopic (exact) mass is 567 g/mol. The van der Waals surface area contributed by atoms with E-state index in [1.165, 1.54) is 11.4 Å². The van der Waals surface area contributed by atoms with Gasteiger partial charge < -0.3 is 19.7 Å². The van der Waals surface area contributed by atoms with Crippen LogP contribution in [0.25, 0.3) is 0 Å². The molecule has 0 saturated heterocycles. The van der Waals surface area contributed by atoms with Crippen molar-refractivity contribution >= 4 is 27.5 Å². The number of hydrogen-bond donors (Lipinski definition) is 1. The molecular formula is C30H37N3O6S. The van der Waals surface area contributed by atoms with Gasteiger partial charge in [0, 0.05) is 33.0 Å². The smallest absolute Gasteiger partial charge is 0.242 e. The second-order valence-corrected chi connectivity index (χ2v) is 11.2. The zero-order valence-electron chi connectivity index (χ0n) is 23.4. The van der Waals surface area contributed by atoms with Crippen LogP contribution in [0, 0.1) is 0 Å². The lowest BCUT2D eigenvalue weighted by molar-refractivity contribution is -0.141. The van der Waals surface area contributed by atoms with Gasteiger partial charge >= 0.3 is 0 Å². The van der Waals surface area contributed by atoms with Crippen LogP contribution >= 0.6 is 0 Å². The van der Waals surface area contributed by atoms with E-state index in [0.29, 0.717) is 23.6 Å². The summed E-state index contributed by atoms with van der Waals surface area (Å²) in [6.07, 6.45) is 1.72. The van der Waals surface area contributed by atoms with Crippen molar-refractivity contribution in [1.29, 1.82) is 0 Å². The maximum Gasteiger partial charge on any atom is 0.242 e. The zero-order valence-corrected chi connectivity index (χ0v) is 24.2. The molecule has 1 atom stereocenters. The third kappa shape index (κ3) is 8.22. The lowest BCUT2D eigenvalue weighted by Gasteiger charge is -2.31. The van der Waals surface area contributed by atoms with Crippen molar-refractivity contribution in [2.24, 2.45) is 0 Å². The lowest BCUT2D eigenvalue weighted by Crippen LogP contribution is -2.49. The molecular weight excluding hydrogens is 530 g/mol. The van der Waals surface area contributed by atoms with Crippen LogP contribution in [0.4, 0.5) is 5.69 Å². The van der Waals surface area contributed by atoms with Crippen molar-refractivity contribution in [2.45, 2.75) is 31.8 Å². The third-order valence-electron chi connectivity index (χ3n) is 6.51. The average Bonchev–Trinajstić information content (AvgIpc) is 2.96. The van der Waals surface area contributed by atoms with Crippen molar-refractivity contribution < 1.29 is 27.5 Å². The average molecular weight is 568 g/mol. The fourth-order valence-corrected chi connectivity index (χ4v) is 5.48. The Bertz CT molecular complexity index is 1380. The van der Waals surface area contributed by atoms with Crippen molar-refractivity contribution in [1.82, 2.24) is 10.2 Å². The summed E-state index contributed by atoms with van der Waals surface area (Å²) in [6, 6.07) is 22.9. The summed E-state index contributed by atoms with van der Waals surface area (Å²) in [5, 5.41) is 2.70. The number of nitrogens with zero attached hydrogens (tertiary/aromatic N) is 2. The summed E-state index contributed by atoms with van der Waals surface area (Å²) in [7, 11) is 0.945. The minimum absolute atomic E-state index is 0.0351. The summed E-state index contributed by atoms with van der Waals surface area (Å²) in [5.74, 6) is 0.513. The molecule has 10 heteroatoms. The molecule has 2 amide bonds. The highest BCUT2D eigenvalue weighted by Crippen LogP contribution is 2.30. The molecule has 9 nitrogen and oxygen atoms in total. The predicted molar refractivity (Wildman–Crippen MR) is 156 cm³/mol. The number of likely N-dealkylation sites (N-methyl/N-ethyl adjacent to an activating group) is 1. The van der Waals surface area contributed by atoms with Crippen molar-refractivity contribution in [3.05, 3.63) is 90.0 Å². The number of benzene rings is 3. The van der Waals surface area contributed by atoms with Gasteiger partial charge in [0.15, 0.2) is 0 Å². The second-order valence-electron chi connectivity index (χ2n) is 9.30. The van der Waals surface area contributed by atoms with Gasteiger partial charge in [-0.3, -0.25) is 13.9 Å². The van der Waals surface area contributed by atoms with Crippen LogP contribution in [0.3, 0.4) is 0 Å². The maximum atomic E-state index is 13.8. The van der Waals surface area contributed by atoms with Crippen molar-refractivity contribution in [2.75, 3.05) is 38.4 Å². The standard InChI is InChI=1S/C30H37N3O6S/c1-31-30(35)27(21-23-12-6-5-7-13-23)32(22-24-14-10-15-25(20-24)38-2)29(34)18-11-19-33(40(4,36)37)26-16-8-9-17-28(26)39-3/h5-10,12-17,20,27H,11,18-19,21-22H2,1-4H3,(H,31,35)/t27-/m1/s1. The molecule has 0 aliphatic carbocycles. The SMILES string of the molecule is CNC(=O)[C@@H](Cc1ccccc1)N(Cc1cccc(OC)c1)C(=O)CCCN(c1ccccc1OC)S(C)(=O)=O. The number of rotatable bonds is 14. The third-order valence-corrected chi connectivity index (χ3v) is 7.69. The molecule has 3 aromatic carbocycles. The van der Waals surface area contributed by atoms with Crippen LogP contribution < -0.4 is 19.1 Å². The van der Waals surface area contributed by atoms with Gasteiger partial charge in [0.05, 0.1) is 26.2 Å². The van der Waals surface area contributed by atoms with E-state index in [1.54, 1.807) is 43.3 Å². The maximum absolute atomic E-state index is 13.8. The first kappa shape index (κ1) is 30.5. The van der Waals surface area contributed by atoms with Gasteiger partial charge in [-0.2, -0.15) is 0 Å². The van der Waals surface area contributed by atoms with Gasteiger partial charge in [-0.05, 0) is 41.8 Å². The Hall–Kier alpha value is -4.05. The van der Waals surface area contributed by atoms with Crippen LogP contribution in [0.5, 0.6) is 11.5 Å². The van der Waals surface area contributed by atoms with E-state index in [0.717, 1.165) is 17.4 Å². The molecule has 0 heterocycles. The van der Waals surface area contributed by atoms with E-state index in [9.17, 15) is 18.0 Å². The Morgan fingerprint density at radius 1 is 0.900 bits per heavy atom. The zero-order chi connectivity index (χ0) is 29.1. The van der Waals surface area contributed by atoms with E-state index in [2.05, 4.69) is 5.32 Å². The Morgan fingerprint density at radius 2 is 1.57 bits per heavy atom. The topological polar surface area (TPSA) is 105 Å². The molecule has 214 valence electrons. The van der Waals surface area contributed by atoms with E-state index < -0.39 is 16.1 Å². The molecule has 0 aromatic heterocycles. The molecule has 0 fully saturated rings. The van der Waals surface area contributed by atoms with Gasteiger partial charge in [-0.15, -0.1) is 0 Å².